The van der Waals surface area contributed by atoms with Gasteiger partial charge < -0.3 is 9.30 Å². The third-order valence-electron chi connectivity index (χ3n) is 4.68. The molecule has 1 unspecified atom stereocenters. The minimum Gasteiger partial charge on any atom is -0.494 e. The van der Waals surface area contributed by atoms with Crippen molar-refractivity contribution in [2.75, 3.05) is 6.61 Å². The molecule has 0 aliphatic carbocycles. The number of hydrogen-bond donors (Lipinski definition) is 0. The normalized spacial score (nSPS) is 13.2. The van der Waals surface area contributed by atoms with E-state index in [0.717, 1.165) is 48.7 Å². The molecule has 0 aliphatic rings. The Bertz CT molecular complexity index is 900. The van der Waals surface area contributed by atoms with Gasteiger partial charge in [0.15, 0.2) is 0 Å². The maximum absolute atomic E-state index is 6.40. The molecule has 154 valence electrons. The Morgan fingerprint density at radius 2 is 1.93 bits per heavy atom. The van der Waals surface area contributed by atoms with Gasteiger partial charge in [0.05, 0.1) is 12.9 Å². The second kappa shape index (κ2) is 10.4. The van der Waals surface area contributed by atoms with E-state index in [0.29, 0.717) is 5.02 Å². The molecule has 2 aromatic carbocycles. The number of rotatable bonds is 10. The van der Waals surface area contributed by atoms with E-state index in [-0.39, 0.29) is 4.75 Å². The Balaban J connectivity index is 1.74. The molecule has 1 atom stereocenters. The third kappa shape index (κ3) is 6.70. The summed E-state index contributed by atoms with van der Waals surface area (Å²) in [5, 5.41) is 1.39. The van der Waals surface area contributed by atoms with E-state index in [1.165, 1.54) is 4.90 Å². The van der Waals surface area contributed by atoms with Crippen LogP contribution in [0, 0.1) is 0 Å². The van der Waals surface area contributed by atoms with Gasteiger partial charge in [-0.15, -0.1) is 11.8 Å². The van der Waals surface area contributed by atoms with Crippen molar-refractivity contribution in [2.24, 2.45) is 0 Å². The second-order valence-corrected chi connectivity index (χ2v) is 9.85. The fourth-order valence-corrected chi connectivity index (χ4v) is 4.92. The minimum atomic E-state index is -0.0323. The molecule has 0 fully saturated rings. The van der Waals surface area contributed by atoms with E-state index in [4.69, 9.17) is 27.9 Å². The van der Waals surface area contributed by atoms with Crippen LogP contribution in [0.15, 0.2) is 66.1 Å². The molecule has 29 heavy (non-hydrogen) atoms. The van der Waals surface area contributed by atoms with E-state index >= 15 is 0 Å². The van der Waals surface area contributed by atoms with Gasteiger partial charge in [-0.25, -0.2) is 4.98 Å². The summed E-state index contributed by atoms with van der Waals surface area (Å²) in [6.07, 6.45) is 8.55. The molecule has 0 saturated carbocycles. The molecule has 0 spiro atoms. The molecule has 0 aliphatic heterocycles. The minimum absolute atomic E-state index is 0.0323. The Hall–Kier alpha value is -1.62. The smallest absolute Gasteiger partial charge is 0.119 e. The molecule has 3 aromatic rings. The van der Waals surface area contributed by atoms with Crippen molar-refractivity contribution in [2.45, 2.75) is 49.3 Å². The average Bonchev–Trinajstić information content (AvgIpc) is 3.19. The van der Waals surface area contributed by atoms with Crippen LogP contribution >= 0.6 is 35.0 Å². The van der Waals surface area contributed by atoms with Crippen molar-refractivity contribution in [1.29, 1.82) is 0 Å². The van der Waals surface area contributed by atoms with Crippen LogP contribution in [0.25, 0.3) is 0 Å². The SMILES string of the molecule is CCCOc1ccc(SC(C)(CCc2ccc(Cl)cc2Cl)Cn2ccnc2)cc1. The molecular formula is C23H26Cl2N2OS. The van der Waals surface area contributed by atoms with Crippen molar-refractivity contribution in [1.82, 2.24) is 9.55 Å². The van der Waals surface area contributed by atoms with Crippen LogP contribution in [-0.4, -0.2) is 20.9 Å². The Kier molecular flexibility index (Phi) is 7.93. The van der Waals surface area contributed by atoms with E-state index < -0.39 is 0 Å². The van der Waals surface area contributed by atoms with Crippen molar-refractivity contribution >= 4 is 35.0 Å². The number of benzene rings is 2. The topological polar surface area (TPSA) is 27.1 Å². The van der Waals surface area contributed by atoms with Gasteiger partial charge >= 0.3 is 0 Å². The quantitative estimate of drug-likeness (QED) is 0.307. The lowest BCUT2D eigenvalue weighted by Gasteiger charge is -2.30. The van der Waals surface area contributed by atoms with Gasteiger partial charge in [0.1, 0.15) is 5.75 Å². The highest BCUT2D eigenvalue weighted by molar-refractivity contribution is 8.00. The summed E-state index contributed by atoms with van der Waals surface area (Å²) in [4.78, 5) is 5.42. The summed E-state index contributed by atoms with van der Waals surface area (Å²) >= 11 is 14.3. The molecular weight excluding hydrogens is 423 g/mol. The number of nitrogens with zero attached hydrogens (tertiary/aromatic N) is 2. The lowest BCUT2D eigenvalue weighted by Crippen LogP contribution is -2.27. The fraction of sp³-hybridized carbons (Fsp3) is 0.348. The van der Waals surface area contributed by atoms with E-state index in [1.54, 1.807) is 0 Å². The molecule has 3 rings (SSSR count). The highest BCUT2D eigenvalue weighted by atomic mass is 35.5. The molecule has 0 bridgehead atoms. The van der Waals surface area contributed by atoms with Crippen LogP contribution in [0.2, 0.25) is 10.0 Å². The van der Waals surface area contributed by atoms with Crippen LogP contribution in [0.4, 0.5) is 0 Å². The predicted octanol–water partition coefficient (Wildman–Crippen LogP) is 7.16. The number of ether oxygens (including phenoxy) is 1. The number of imidazole rings is 1. The molecule has 0 amide bonds. The first-order valence-corrected chi connectivity index (χ1v) is 11.4. The zero-order chi connectivity index (χ0) is 20.7. The van der Waals surface area contributed by atoms with Gasteiger partial charge in [-0.05, 0) is 68.1 Å². The van der Waals surface area contributed by atoms with Crippen LogP contribution in [0.1, 0.15) is 32.3 Å². The standard InChI is InChI=1S/C23H26Cl2N2OS/c1-3-14-28-20-6-8-21(9-7-20)29-23(2,16-27-13-12-26-17-27)11-10-18-4-5-19(24)15-22(18)25/h4-9,12-13,15,17H,3,10-11,14,16H2,1-2H3. The maximum Gasteiger partial charge on any atom is 0.119 e. The Morgan fingerprint density at radius 1 is 1.14 bits per heavy atom. The Labute approximate surface area is 187 Å². The van der Waals surface area contributed by atoms with Crippen molar-refractivity contribution in [3.8, 4) is 5.75 Å². The highest BCUT2D eigenvalue weighted by Gasteiger charge is 2.27. The fourth-order valence-electron chi connectivity index (χ4n) is 3.16. The van der Waals surface area contributed by atoms with Gasteiger partial charge in [0.25, 0.3) is 0 Å². The van der Waals surface area contributed by atoms with Gasteiger partial charge in [-0.1, -0.05) is 36.2 Å². The summed E-state index contributed by atoms with van der Waals surface area (Å²) < 4.78 is 7.81. The molecule has 3 nitrogen and oxygen atoms in total. The zero-order valence-electron chi connectivity index (χ0n) is 16.8. The lowest BCUT2D eigenvalue weighted by atomic mass is 10.00. The number of hydrogen-bond acceptors (Lipinski definition) is 3. The van der Waals surface area contributed by atoms with E-state index in [2.05, 4.69) is 35.5 Å². The first-order valence-electron chi connectivity index (χ1n) is 9.79. The molecule has 1 aromatic heterocycles. The second-order valence-electron chi connectivity index (χ2n) is 7.34. The summed E-state index contributed by atoms with van der Waals surface area (Å²) in [5.74, 6) is 0.917. The number of halogens is 2. The van der Waals surface area contributed by atoms with Crippen LogP contribution < -0.4 is 4.74 Å². The van der Waals surface area contributed by atoms with Crippen LogP contribution in [0.5, 0.6) is 5.75 Å². The van der Waals surface area contributed by atoms with Crippen molar-refractivity contribution < 1.29 is 4.74 Å². The van der Waals surface area contributed by atoms with E-state index in [9.17, 15) is 0 Å². The molecule has 0 radical (unpaired) electrons. The molecule has 1 heterocycles. The van der Waals surface area contributed by atoms with Crippen LogP contribution in [0.3, 0.4) is 0 Å². The number of aryl methyl sites for hydroxylation is 1. The van der Waals surface area contributed by atoms with Crippen LogP contribution in [-0.2, 0) is 13.0 Å². The van der Waals surface area contributed by atoms with Gasteiger partial charge in [-0.2, -0.15) is 0 Å². The third-order valence-corrected chi connectivity index (χ3v) is 6.60. The van der Waals surface area contributed by atoms with Gasteiger partial charge in [0.2, 0.25) is 0 Å². The summed E-state index contributed by atoms with van der Waals surface area (Å²) in [6.45, 7) is 6.01. The Morgan fingerprint density at radius 3 is 2.59 bits per heavy atom. The van der Waals surface area contributed by atoms with Crippen molar-refractivity contribution in [3.05, 3.63) is 76.8 Å². The molecule has 0 saturated heterocycles. The largest absolute Gasteiger partial charge is 0.494 e. The monoisotopic (exact) mass is 448 g/mol. The zero-order valence-corrected chi connectivity index (χ0v) is 19.1. The van der Waals surface area contributed by atoms with Gasteiger partial charge in [0, 0.05) is 38.6 Å². The summed E-state index contributed by atoms with van der Waals surface area (Å²) in [5.41, 5.74) is 1.12. The lowest BCUT2D eigenvalue weighted by molar-refractivity contribution is 0.317. The number of aromatic nitrogens is 2. The number of thioether (sulfide) groups is 1. The highest BCUT2D eigenvalue weighted by Crippen LogP contribution is 2.39. The van der Waals surface area contributed by atoms with Gasteiger partial charge in [-0.3, -0.25) is 0 Å². The summed E-state index contributed by atoms with van der Waals surface area (Å²) in [7, 11) is 0. The van der Waals surface area contributed by atoms with Crippen molar-refractivity contribution in [3.63, 3.8) is 0 Å². The first-order chi connectivity index (χ1) is 14.0. The first kappa shape index (κ1) is 22.1. The maximum atomic E-state index is 6.40. The molecule has 6 heteroatoms. The molecule has 0 N–H and O–H groups in total. The summed E-state index contributed by atoms with van der Waals surface area (Å²) in [6, 6.07) is 14.1. The predicted molar refractivity (Wildman–Crippen MR) is 124 cm³/mol. The average molecular weight is 449 g/mol. The van der Waals surface area contributed by atoms with E-state index in [1.807, 2.05) is 60.8 Å².